The summed E-state index contributed by atoms with van der Waals surface area (Å²) in [4.78, 5) is 23.1. The summed E-state index contributed by atoms with van der Waals surface area (Å²) in [7, 11) is 0. The molecule has 0 spiro atoms. The van der Waals surface area contributed by atoms with Gasteiger partial charge in [-0.05, 0) is 24.5 Å². The van der Waals surface area contributed by atoms with Crippen molar-refractivity contribution in [1.82, 2.24) is 10.5 Å². The fourth-order valence-corrected chi connectivity index (χ4v) is 2.16. The molecule has 2 N–H and O–H groups in total. The van der Waals surface area contributed by atoms with E-state index in [0.717, 1.165) is 5.39 Å². The second-order valence-corrected chi connectivity index (χ2v) is 5.39. The lowest BCUT2D eigenvalue weighted by molar-refractivity contribution is -0.142. The van der Waals surface area contributed by atoms with Crippen LogP contribution < -0.4 is 5.32 Å². The SMILES string of the molecule is CC(C)C[C@H](NC(=O)Cc1noc2ccccc12)C(=O)O. The molecule has 0 radical (unpaired) electrons. The van der Waals surface area contributed by atoms with Gasteiger partial charge in [-0.1, -0.05) is 31.1 Å². The smallest absolute Gasteiger partial charge is 0.326 e. The van der Waals surface area contributed by atoms with E-state index in [1.165, 1.54) is 0 Å². The highest BCUT2D eigenvalue weighted by Gasteiger charge is 2.22. The average Bonchev–Trinajstić information content (AvgIpc) is 2.81. The minimum Gasteiger partial charge on any atom is -0.480 e. The molecule has 1 aromatic carbocycles. The van der Waals surface area contributed by atoms with Crippen LogP contribution in [0.2, 0.25) is 0 Å². The van der Waals surface area contributed by atoms with Gasteiger partial charge in [0.25, 0.3) is 0 Å². The van der Waals surface area contributed by atoms with Gasteiger partial charge in [0.1, 0.15) is 11.7 Å². The highest BCUT2D eigenvalue weighted by molar-refractivity contribution is 5.88. The van der Waals surface area contributed by atoms with E-state index in [1.54, 1.807) is 6.07 Å². The number of hydrogen-bond acceptors (Lipinski definition) is 4. The molecule has 2 aromatic rings. The summed E-state index contributed by atoms with van der Waals surface area (Å²) >= 11 is 0. The number of carbonyl (C=O) groups excluding carboxylic acids is 1. The molecule has 0 unspecified atom stereocenters. The lowest BCUT2D eigenvalue weighted by atomic mass is 10.0. The van der Waals surface area contributed by atoms with Gasteiger partial charge in [0.2, 0.25) is 5.91 Å². The molecule has 1 amide bonds. The van der Waals surface area contributed by atoms with Crippen LogP contribution in [0.1, 0.15) is 26.0 Å². The van der Waals surface area contributed by atoms with E-state index >= 15 is 0 Å². The molecule has 6 heteroatoms. The standard InChI is InChI=1S/C15H18N2O4/c1-9(2)7-12(15(19)20)16-14(18)8-11-10-5-3-4-6-13(10)21-17-11/h3-6,9,12H,7-8H2,1-2H3,(H,16,18)(H,19,20)/t12-/m0/s1. The minimum absolute atomic E-state index is 0.00110. The Kier molecular flexibility index (Phi) is 4.57. The van der Waals surface area contributed by atoms with Gasteiger partial charge in [0.05, 0.1) is 6.42 Å². The number of rotatable bonds is 6. The second kappa shape index (κ2) is 6.39. The third-order valence-electron chi connectivity index (χ3n) is 3.12. The lowest BCUT2D eigenvalue weighted by Gasteiger charge is -2.16. The summed E-state index contributed by atoms with van der Waals surface area (Å²) in [5, 5.41) is 16.3. The summed E-state index contributed by atoms with van der Waals surface area (Å²) in [6.45, 7) is 3.82. The summed E-state index contributed by atoms with van der Waals surface area (Å²) in [5.41, 5.74) is 1.12. The van der Waals surface area contributed by atoms with Crippen LogP contribution >= 0.6 is 0 Å². The second-order valence-electron chi connectivity index (χ2n) is 5.39. The highest BCUT2D eigenvalue weighted by Crippen LogP contribution is 2.18. The van der Waals surface area contributed by atoms with Crippen molar-refractivity contribution in [1.29, 1.82) is 0 Å². The van der Waals surface area contributed by atoms with Gasteiger partial charge in [0, 0.05) is 5.39 Å². The van der Waals surface area contributed by atoms with Crippen LogP contribution in [-0.4, -0.2) is 28.2 Å². The maximum absolute atomic E-state index is 12.0. The summed E-state index contributed by atoms with van der Waals surface area (Å²) in [6.07, 6.45) is 0.388. The summed E-state index contributed by atoms with van der Waals surface area (Å²) < 4.78 is 5.12. The molecule has 112 valence electrons. The van der Waals surface area contributed by atoms with Gasteiger partial charge in [0.15, 0.2) is 5.58 Å². The van der Waals surface area contributed by atoms with Gasteiger partial charge < -0.3 is 14.9 Å². The minimum atomic E-state index is -1.03. The van der Waals surface area contributed by atoms with E-state index < -0.39 is 12.0 Å². The zero-order valence-corrected chi connectivity index (χ0v) is 12.0. The fourth-order valence-electron chi connectivity index (χ4n) is 2.16. The van der Waals surface area contributed by atoms with Crippen molar-refractivity contribution in [2.75, 3.05) is 0 Å². The molecular formula is C15H18N2O4. The van der Waals surface area contributed by atoms with Crippen LogP contribution in [0.25, 0.3) is 11.0 Å². The fraction of sp³-hybridized carbons (Fsp3) is 0.400. The van der Waals surface area contributed by atoms with Crippen molar-refractivity contribution in [3.05, 3.63) is 30.0 Å². The molecule has 0 aliphatic carbocycles. The Labute approximate surface area is 122 Å². The van der Waals surface area contributed by atoms with Crippen LogP contribution in [0.15, 0.2) is 28.8 Å². The van der Waals surface area contributed by atoms with Crippen molar-refractivity contribution in [3.8, 4) is 0 Å². The van der Waals surface area contributed by atoms with Gasteiger partial charge in [-0.2, -0.15) is 0 Å². The van der Waals surface area contributed by atoms with Crippen LogP contribution in [0, 0.1) is 5.92 Å². The Morgan fingerprint density at radius 3 is 2.71 bits per heavy atom. The van der Waals surface area contributed by atoms with Gasteiger partial charge >= 0.3 is 5.97 Å². The number of amides is 1. The normalized spacial score (nSPS) is 12.5. The number of carbonyl (C=O) groups is 2. The van der Waals surface area contributed by atoms with Crippen molar-refractivity contribution >= 4 is 22.8 Å². The quantitative estimate of drug-likeness (QED) is 0.848. The summed E-state index contributed by atoms with van der Waals surface area (Å²) in [6, 6.07) is 6.36. The van der Waals surface area contributed by atoms with Gasteiger partial charge in [-0.25, -0.2) is 4.79 Å². The molecule has 0 bridgehead atoms. The van der Waals surface area contributed by atoms with E-state index in [-0.39, 0.29) is 18.2 Å². The third kappa shape index (κ3) is 3.81. The van der Waals surface area contributed by atoms with Crippen LogP contribution in [0.5, 0.6) is 0 Å². The number of carboxylic acids is 1. The molecule has 0 fully saturated rings. The average molecular weight is 290 g/mol. The molecule has 0 aliphatic rings. The van der Waals surface area contributed by atoms with Crippen molar-refractivity contribution in [3.63, 3.8) is 0 Å². The van der Waals surface area contributed by atoms with E-state index in [9.17, 15) is 9.59 Å². The zero-order chi connectivity index (χ0) is 15.4. The number of aliphatic carboxylic acids is 1. The highest BCUT2D eigenvalue weighted by atomic mass is 16.5. The Bertz CT molecular complexity index is 648. The number of nitrogens with one attached hydrogen (secondary N) is 1. The topological polar surface area (TPSA) is 92.4 Å². The number of para-hydroxylation sites is 1. The first kappa shape index (κ1) is 15.0. The number of fused-ring (bicyclic) bond motifs is 1. The number of nitrogens with zero attached hydrogens (tertiary/aromatic N) is 1. The zero-order valence-electron chi connectivity index (χ0n) is 12.0. The molecule has 21 heavy (non-hydrogen) atoms. The van der Waals surface area contributed by atoms with Crippen molar-refractivity contribution < 1.29 is 19.2 Å². The molecule has 0 saturated heterocycles. The lowest BCUT2D eigenvalue weighted by Crippen LogP contribution is -2.42. The molecule has 1 atom stereocenters. The Balaban J connectivity index is 2.05. The first-order valence-electron chi connectivity index (χ1n) is 6.83. The predicted octanol–water partition coefficient (Wildman–Crippen LogP) is 1.99. The van der Waals surface area contributed by atoms with E-state index in [0.29, 0.717) is 17.7 Å². The van der Waals surface area contributed by atoms with Crippen LogP contribution in [0.4, 0.5) is 0 Å². The van der Waals surface area contributed by atoms with Gasteiger partial charge in [-0.3, -0.25) is 4.79 Å². The maximum Gasteiger partial charge on any atom is 0.326 e. The first-order valence-corrected chi connectivity index (χ1v) is 6.83. The van der Waals surface area contributed by atoms with Gasteiger partial charge in [-0.15, -0.1) is 0 Å². The number of aromatic nitrogens is 1. The molecule has 0 saturated carbocycles. The largest absolute Gasteiger partial charge is 0.480 e. The van der Waals surface area contributed by atoms with E-state index in [1.807, 2.05) is 32.0 Å². The number of benzene rings is 1. The molecular weight excluding hydrogens is 272 g/mol. The Morgan fingerprint density at radius 1 is 1.33 bits per heavy atom. The molecule has 1 aromatic heterocycles. The molecule has 2 rings (SSSR count). The van der Waals surface area contributed by atoms with Crippen LogP contribution in [-0.2, 0) is 16.0 Å². The Hall–Kier alpha value is -2.37. The van der Waals surface area contributed by atoms with E-state index in [4.69, 9.17) is 9.63 Å². The molecule has 6 nitrogen and oxygen atoms in total. The van der Waals surface area contributed by atoms with Crippen molar-refractivity contribution in [2.24, 2.45) is 5.92 Å². The molecule has 1 heterocycles. The van der Waals surface area contributed by atoms with E-state index in [2.05, 4.69) is 10.5 Å². The Morgan fingerprint density at radius 2 is 2.05 bits per heavy atom. The molecule has 0 aliphatic heterocycles. The number of carboxylic acid groups (broad SMARTS) is 1. The summed E-state index contributed by atoms with van der Waals surface area (Å²) in [5.74, 6) is -1.22. The third-order valence-corrected chi connectivity index (χ3v) is 3.12. The maximum atomic E-state index is 12.0. The first-order chi connectivity index (χ1) is 9.97. The number of hydrogen-bond donors (Lipinski definition) is 2. The monoisotopic (exact) mass is 290 g/mol. The predicted molar refractivity (Wildman–Crippen MR) is 76.7 cm³/mol. The van der Waals surface area contributed by atoms with Crippen molar-refractivity contribution in [2.45, 2.75) is 32.7 Å². The van der Waals surface area contributed by atoms with Crippen LogP contribution in [0.3, 0.4) is 0 Å².